The Morgan fingerprint density at radius 3 is 2.58 bits per heavy atom. The van der Waals surface area contributed by atoms with Crippen LogP contribution in [-0.4, -0.2) is 32.0 Å². The van der Waals surface area contributed by atoms with Crippen LogP contribution in [0.3, 0.4) is 0 Å². The number of aryl methyl sites for hydroxylation is 1. The first kappa shape index (κ1) is 13.1. The lowest BCUT2D eigenvalue weighted by Crippen LogP contribution is -2.28. The van der Waals surface area contributed by atoms with Crippen LogP contribution in [0.15, 0.2) is 15.9 Å². The van der Waals surface area contributed by atoms with Gasteiger partial charge in [-0.2, -0.15) is 0 Å². The molecule has 0 radical (unpaired) electrons. The van der Waals surface area contributed by atoms with Gasteiger partial charge in [-0.3, -0.25) is 19.6 Å². The van der Waals surface area contributed by atoms with E-state index in [0.29, 0.717) is 11.2 Å². The highest BCUT2D eigenvalue weighted by Crippen LogP contribution is 1.98. The maximum absolute atomic E-state index is 11.1. The van der Waals surface area contributed by atoms with Crippen molar-refractivity contribution < 1.29 is 4.79 Å². The third-order valence-electron chi connectivity index (χ3n) is 2.76. The molecule has 1 saturated heterocycles. The monoisotopic (exact) mass is 265 g/mol. The van der Waals surface area contributed by atoms with E-state index >= 15 is 0 Å². The number of H-pyrrole nitrogens is 2. The highest BCUT2D eigenvalue weighted by atomic mass is 16.2. The van der Waals surface area contributed by atoms with Crippen molar-refractivity contribution in [2.75, 3.05) is 6.54 Å². The van der Waals surface area contributed by atoms with Gasteiger partial charge in [0, 0.05) is 20.0 Å². The van der Waals surface area contributed by atoms with Gasteiger partial charge < -0.3 is 9.88 Å². The number of imidazole rings is 1. The molecule has 1 fully saturated rings. The lowest BCUT2D eigenvalue weighted by Gasteiger charge is -2.08. The molecule has 1 aliphatic rings. The highest BCUT2D eigenvalue weighted by molar-refractivity contribution is 5.76. The number of nitrogens with one attached hydrogen (secondary N) is 3. The summed E-state index contributed by atoms with van der Waals surface area (Å²) in [7, 11) is 1.68. The largest absolute Gasteiger partial charge is 0.356 e. The van der Waals surface area contributed by atoms with Gasteiger partial charge in [-0.05, 0) is 12.8 Å². The zero-order chi connectivity index (χ0) is 13.8. The predicted octanol–water partition coefficient (Wildman–Crippen LogP) is -0.764. The number of carbonyl (C=O) groups excluding carboxylic acids is 1. The van der Waals surface area contributed by atoms with Gasteiger partial charge in [-0.1, -0.05) is 0 Å². The van der Waals surface area contributed by atoms with Crippen LogP contribution in [-0.2, 0) is 11.8 Å². The van der Waals surface area contributed by atoms with Crippen LogP contribution in [0.1, 0.15) is 19.3 Å². The second-order valence-electron chi connectivity index (χ2n) is 4.27. The molecule has 19 heavy (non-hydrogen) atoms. The molecule has 1 amide bonds. The summed E-state index contributed by atoms with van der Waals surface area (Å²) in [6.07, 6.45) is 4.44. The van der Waals surface area contributed by atoms with Gasteiger partial charge in [0.2, 0.25) is 5.91 Å². The lowest BCUT2D eigenvalue weighted by molar-refractivity contribution is -0.122. The topological polar surface area (TPSA) is 113 Å². The first-order valence-corrected chi connectivity index (χ1v) is 5.98. The van der Waals surface area contributed by atoms with Crippen molar-refractivity contribution in [1.29, 1.82) is 0 Å². The van der Waals surface area contributed by atoms with Crippen LogP contribution < -0.4 is 16.6 Å². The van der Waals surface area contributed by atoms with Crippen molar-refractivity contribution in [3.05, 3.63) is 27.2 Å². The fourth-order valence-corrected chi connectivity index (χ4v) is 1.82. The lowest BCUT2D eigenvalue weighted by atomic mass is 10.2. The van der Waals surface area contributed by atoms with E-state index in [1.54, 1.807) is 11.6 Å². The van der Waals surface area contributed by atoms with Gasteiger partial charge >= 0.3 is 5.69 Å². The number of aromatic amines is 2. The normalized spacial score (nSPS) is 14.7. The van der Waals surface area contributed by atoms with Crippen LogP contribution in [0.25, 0.3) is 11.2 Å². The molecule has 0 aliphatic carbocycles. The summed E-state index contributed by atoms with van der Waals surface area (Å²) in [5.74, 6) is 0.214. The summed E-state index contributed by atoms with van der Waals surface area (Å²) < 4.78 is 1.55. The summed E-state index contributed by atoms with van der Waals surface area (Å²) >= 11 is 0. The van der Waals surface area contributed by atoms with E-state index in [9.17, 15) is 14.4 Å². The number of amides is 1. The molecule has 0 unspecified atom stereocenters. The first-order valence-electron chi connectivity index (χ1n) is 5.98. The van der Waals surface area contributed by atoms with Crippen LogP contribution >= 0.6 is 0 Å². The molecule has 2 aromatic heterocycles. The van der Waals surface area contributed by atoms with Crippen molar-refractivity contribution in [1.82, 2.24) is 24.8 Å². The SMILES string of the molecule is Cn1cnc2[nH]c(=O)[nH]c(=O)c21.O=C1CCCCN1. The number of nitrogens with zero attached hydrogens (tertiary/aromatic N) is 2. The maximum atomic E-state index is 11.1. The first-order chi connectivity index (χ1) is 9.08. The Hall–Kier alpha value is -2.38. The van der Waals surface area contributed by atoms with Crippen molar-refractivity contribution >= 4 is 17.1 Å². The molecule has 0 atom stereocenters. The van der Waals surface area contributed by atoms with E-state index in [4.69, 9.17) is 0 Å². The Balaban J connectivity index is 0.000000163. The fourth-order valence-electron chi connectivity index (χ4n) is 1.82. The van der Waals surface area contributed by atoms with Crippen molar-refractivity contribution in [3.63, 3.8) is 0 Å². The summed E-state index contributed by atoms with van der Waals surface area (Å²) in [4.78, 5) is 40.6. The van der Waals surface area contributed by atoms with Crippen molar-refractivity contribution in [2.45, 2.75) is 19.3 Å². The number of piperidine rings is 1. The second-order valence-corrected chi connectivity index (χ2v) is 4.27. The Morgan fingerprint density at radius 2 is 2.00 bits per heavy atom. The molecule has 102 valence electrons. The Morgan fingerprint density at radius 1 is 1.21 bits per heavy atom. The average molecular weight is 265 g/mol. The molecule has 0 saturated carbocycles. The van der Waals surface area contributed by atoms with E-state index in [1.165, 1.54) is 6.33 Å². The Bertz CT molecular complexity index is 688. The summed E-state index contributed by atoms with van der Waals surface area (Å²) in [6.45, 7) is 0.888. The van der Waals surface area contributed by atoms with Crippen LogP contribution in [0.2, 0.25) is 0 Å². The van der Waals surface area contributed by atoms with Crippen molar-refractivity contribution in [2.24, 2.45) is 7.05 Å². The van der Waals surface area contributed by atoms with Gasteiger partial charge in [-0.15, -0.1) is 0 Å². The van der Waals surface area contributed by atoms with Gasteiger partial charge in [0.05, 0.1) is 6.33 Å². The summed E-state index contributed by atoms with van der Waals surface area (Å²) in [5.41, 5.74) is -0.277. The zero-order valence-corrected chi connectivity index (χ0v) is 10.5. The fraction of sp³-hybridized carbons (Fsp3) is 0.455. The zero-order valence-electron chi connectivity index (χ0n) is 10.5. The number of rotatable bonds is 0. The highest BCUT2D eigenvalue weighted by Gasteiger charge is 2.04. The number of aromatic nitrogens is 4. The van der Waals surface area contributed by atoms with Gasteiger partial charge in [0.15, 0.2) is 11.2 Å². The number of carbonyl (C=O) groups is 1. The molecule has 2 aromatic rings. The Labute approximate surface area is 107 Å². The molecule has 3 heterocycles. The molecule has 8 nitrogen and oxygen atoms in total. The predicted molar refractivity (Wildman–Crippen MR) is 68.8 cm³/mol. The smallest absolute Gasteiger partial charge is 0.327 e. The minimum atomic E-state index is -0.536. The Kier molecular flexibility index (Phi) is 3.79. The molecule has 0 spiro atoms. The molecule has 3 N–H and O–H groups in total. The third kappa shape index (κ3) is 3.09. The van der Waals surface area contributed by atoms with E-state index in [0.717, 1.165) is 25.8 Å². The molecule has 0 bridgehead atoms. The van der Waals surface area contributed by atoms with Crippen molar-refractivity contribution in [3.8, 4) is 0 Å². The summed E-state index contributed by atoms with van der Waals surface area (Å²) in [6, 6.07) is 0. The van der Waals surface area contributed by atoms with Gasteiger partial charge in [0.1, 0.15) is 0 Å². The summed E-state index contributed by atoms with van der Waals surface area (Å²) in [5, 5.41) is 2.74. The third-order valence-corrected chi connectivity index (χ3v) is 2.76. The molecule has 8 heteroatoms. The number of hydrogen-bond donors (Lipinski definition) is 3. The van der Waals surface area contributed by atoms with E-state index in [-0.39, 0.29) is 5.91 Å². The standard InChI is InChI=1S/C6H6N4O2.C5H9NO/c1-10-2-7-4-3(10)5(11)9-6(12)8-4;7-5-3-1-2-4-6-5/h2H,1H3,(H2,8,9,11,12);1-4H2,(H,6,7). The maximum Gasteiger partial charge on any atom is 0.327 e. The molecule has 0 aromatic carbocycles. The van der Waals surface area contributed by atoms with Crippen LogP contribution in [0.5, 0.6) is 0 Å². The minimum absolute atomic E-state index is 0.214. The number of hydrogen-bond acceptors (Lipinski definition) is 4. The van der Waals surface area contributed by atoms with Crippen LogP contribution in [0.4, 0.5) is 0 Å². The molecule has 1 aliphatic heterocycles. The molecule has 3 rings (SSSR count). The van der Waals surface area contributed by atoms with E-state index < -0.39 is 11.2 Å². The minimum Gasteiger partial charge on any atom is -0.356 e. The average Bonchev–Trinajstić information content (AvgIpc) is 2.72. The van der Waals surface area contributed by atoms with Gasteiger partial charge in [0.25, 0.3) is 5.56 Å². The molecular formula is C11H15N5O3. The van der Waals surface area contributed by atoms with E-state index in [2.05, 4.69) is 20.3 Å². The second kappa shape index (κ2) is 5.51. The number of fused-ring (bicyclic) bond motifs is 1. The van der Waals surface area contributed by atoms with Gasteiger partial charge in [-0.25, -0.2) is 9.78 Å². The van der Waals surface area contributed by atoms with E-state index in [1.807, 2.05) is 0 Å². The molecular weight excluding hydrogens is 250 g/mol. The van der Waals surface area contributed by atoms with Crippen LogP contribution in [0, 0.1) is 0 Å². The quantitative estimate of drug-likeness (QED) is 0.581.